The van der Waals surface area contributed by atoms with Crippen molar-refractivity contribution >= 4 is 116 Å². The van der Waals surface area contributed by atoms with Gasteiger partial charge in [-0.15, -0.1) is 34.0 Å². The van der Waals surface area contributed by atoms with E-state index in [1.807, 2.05) is 34.0 Å². The summed E-state index contributed by atoms with van der Waals surface area (Å²) >= 11 is 5.71. The van der Waals surface area contributed by atoms with Gasteiger partial charge in [0.2, 0.25) is 0 Å². The standard InChI is InChI=1S/C57H35NS3/c1-57(2)46-24-23-41-38-11-4-8-17-52(38)61-56(41)54(46)42-22-21-35(31-47(42)57)58-48-25-18-32(33-20-27-53-45(29-33)39-12-5-6-15-50(39)59-53)28-43(48)44-30-34(19-26-49(44)58)36-13-9-14-40-37-10-3-7-16-51(37)60-55(36)40/h3-31H,1-2H3. The number of rotatable bonds is 3. The minimum absolute atomic E-state index is 0.141. The van der Waals surface area contributed by atoms with Crippen molar-refractivity contribution in [2.75, 3.05) is 0 Å². The first-order chi connectivity index (χ1) is 30.0. The molecule has 0 fully saturated rings. The first-order valence-electron chi connectivity index (χ1n) is 21.0. The second kappa shape index (κ2) is 12.3. The van der Waals surface area contributed by atoms with E-state index >= 15 is 0 Å². The minimum Gasteiger partial charge on any atom is -0.309 e. The molecule has 4 heterocycles. The van der Waals surface area contributed by atoms with Crippen LogP contribution in [0, 0.1) is 0 Å². The van der Waals surface area contributed by atoms with Crippen molar-refractivity contribution in [3.63, 3.8) is 0 Å². The largest absolute Gasteiger partial charge is 0.309 e. The van der Waals surface area contributed by atoms with Crippen molar-refractivity contribution in [2.24, 2.45) is 0 Å². The molecule has 1 aliphatic rings. The molecule has 0 saturated carbocycles. The fourth-order valence-corrected chi connectivity index (χ4v) is 14.2. The van der Waals surface area contributed by atoms with Crippen molar-refractivity contribution in [3.8, 4) is 39.1 Å². The molecule has 1 aliphatic carbocycles. The molecule has 286 valence electrons. The maximum atomic E-state index is 2.52. The molecular weight excluding hydrogens is 795 g/mol. The molecule has 0 bridgehead atoms. The maximum absolute atomic E-state index is 2.52. The summed E-state index contributed by atoms with van der Waals surface area (Å²) in [6.45, 7) is 4.82. The Morgan fingerprint density at radius 2 is 0.918 bits per heavy atom. The highest BCUT2D eigenvalue weighted by Gasteiger charge is 2.37. The third-order valence-corrected chi connectivity index (χ3v) is 17.2. The summed E-state index contributed by atoms with van der Waals surface area (Å²) in [4.78, 5) is 0. The highest BCUT2D eigenvalue weighted by Crippen LogP contribution is 2.54. The van der Waals surface area contributed by atoms with Crippen LogP contribution in [-0.4, -0.2) is 4.57 Å². The number of hydrogen-bond acceptors (Lipinski definition) is 3. The van der Waals surface area contributed by atoms with Crippen LogP contribution in [0.3, 0.4) is 0 Å². The van der Waals surface area contributed by atoms with Gasteiger partial charge in [-0.1, -0.05) is 123 Å². The van der Waals surface area contributed by atoms with Gasteiger partial charge in [0.05, 0.1) is 11.0 Å². The molecule has 0 atom stereocenters. The molecule has 1 nitrogen and oxygen atoms in total. The molecule has 9 aromatic carbocycles. The van der Waals surface area contributed by atoms with E-state index in [1.54, 1.807) is 0 Å². The van der Waals surface area contributed by atoms with E-state index in [1.165, 1.54) is 133 Å². The summed E-state index contributed by atoms with van der Waals surface area (Å²) in [5.74, 6) is 0. The zero-order valence-electron chi connectivity index (χ0n) is 33.4. The van der Waals surface area contributed by atoms with Gasteiger partial charge < -0.3 is 4.57 Å². The van der Waals surface area contributed by atoms with Gasteiger partial charge in [-0.2, -0.15) is 0 Å². The Balaban J connectivity index is 0.999. The van der Waals surface area contributed by atoms with E-state index in [0.29, 0.717) is 0 Å². The van der Waals surface area contributed by atoms with Crippen molar-refractivity contribution < 1.29 is 0 Å². The fourth-order valence-electron chi connectivity index (χ4n) is 10.7. The van der Waals surface area contributed by atoms with E-state index < -0.39 is 0 Å². The summed E-state index contributed by atoms with van der Waals surface area (Å²) in [6.07, 6.45) is 0. The third-order valence-electron chi connectivity index (χ3n) is 13.6. The van der Waals surface area contributed by atoms with Crippen LogP contribution < -0.4 is 0 Å². The summed E-state index contributed by atoms with van der Waals surface area (Å²) < 4.78 is 10.6. The normalized spacial score (nSPS) is 13.5. The highest BCUT2D eigenvalue weighted by atomic mass is 32.1. The third kappa shape index (κ3) is 4.70. The number of thiophene rings is 3. The van der Waals surface area contributed by atoms with Gasteiger partial charge in [0.1, 0.15) is 0 Å². The van der Waals surface area contributed by atoms with Gasteiger partial charge in [0.25, 0.3) is 0 Å². The number of aromatic nitrogens is 1. The van der Waals surface area contributed by atoms with E-state index in [9.17, 15) is 0 Å². The Kier molecular flexibility index (Phi) is 6.88. The van der Waals surface area contributed by atoms with Crippen LogP contribution in [0.5, 0.6) is 0 Å². The van der Waals surface area contributed by atoms with E-state index in [-0.39, 0.29) is 5.41 Å². The molecule has 13 aromatic rings. The Morgan fingerprint density at radius 1 is 0.361 bits per heavy atom. The van der Waals surface area contributed by atoms with E-state index in [4.69, 9.17) is 0 Å². The average molecular weight is 830 g/mol. The average Bonchev–Trinajstić information content (AvgIpc) is 4.10. The number of nitrogens with zero attached hydrogens (tertiary/aromatic N) is 1. The van der Waals surface area contributed by atoms with Crippen LogP contribution >= 0.6 is 34.0 Å². The smallest absolute Gasteiger partial charge is 0.0541 e. The molecule has 4 aromatic heterocycles. The predicted molar refractivity (Wildman–Crippen MR) is 268 cm³/mol. The molecule has 0 amide bonds. The zero-order chi connectivity index (χ0) is 40.1. The van der Waals surface area contributed by atoms with Gasteiger partial charge in [0, 0.05) is 88.0 Å². The predicted octanol–water partition coefficient (Wildman–Crippen LogP) is 17.5. The second-order valence-corrected chi connectivity index (χ2v) is 20.4. The number of benzene rings is 9. The van der Waals surface area contributed by atoms with Gasteiger partial charge in [-0.3, -0.25) is 0 Å². The Bertz CT molecular complexity index is 4030. The van der Waals surface area contributed by atoms with Gasteiger partial charge in [-0.05, 0) is 106 Å². The molecule has 0 unspecified atom stereocenters. The monoisotopic (exact) mass is 829 g/mol. The molecule has 61 heavy (non-hydrogen) atoms. The summed E-state index contributed by atoms with van der Waals surface area (Å²) in [6, 6.07) is 66.6. The lowest BCUT2D eigenvalue weighted by atomic mass is 9.82. The second-order valence-electron chi connectivity index (χ2n) is 17.2. The number of hydrogen-bond donors (Lipinski definition) is 0. The minimum atomic E-state index is -0.141. The Hall–Kier alpha value is -6.56. The molecule has 0 radical (unpaired) electrons. The molecule has 0 spiro atoms. The molecular formula is C57H35NS3. The van der Waals surface area contributed by atoms with Crippen LogP contribution in [0.1, 0.15) is 25.0 Å². The fraction of sp³-hybridized carbons (Fsp3) is 0.0526. The quantitative estimate of drug-likeness (QED) is 0.167. The van der Waals surface area contributed by atoms with Crippen molar-refractivity contribution in [1.29, 1.82) is 0 Å². The van der Waals surface area contributed by atoms with E-state index in [2.05, 4.69) is 194 Å². The van der Waals surface area contributed by atoms with Crippen molar-refractivity contribution in [3.05, 3.63) is 187 Å². The maximum Gasteiger partial charge on any atom is 0.0541 e. The highest BCUT2D eigenvalue weighted by molar-refractivity contribution is 7.27. The topological polar surface area (TPSA) is 4.93 Å². The Morgan fingerprint density at radius 3 is 1.66 bits per heavy atom. The lowest BCUT2D eigenvalue weighted by Crippen LogP contribution is -2.15. The van der Waals surface area contributed by atoms with Gasteiger partial charge >= 0.3 is 0 Å². The van der Waals surface area contributed by atoms with Gasteiger partial charge in [-0.25, -0.2) is 0 Å². The Labute approximate surface area is 364 Å². The van der Waals surface area contributed by atoms with Crippen molar-refractivity contribution in [1.82, 2.24) is 4.57 Å². The molecule has 14 rings (SSSR count). The number of fused-ring (bicyclic) bond motifs is 16. The van der Waals surface area contributed by atoms with Crippen LogP contribution in [0.2, 0.25) is 0 Å². The first-order valence-corrected chi connectivity index (χ1v) is 23.4. The van der Waals surface area contributed by atoms with E-state index in [0.717, 1.165) is 0 Å². The van der Waals surface area contributed by atoms with Crippen LogP contribution in [0.15, 0.2) is 176 Å². The van der Waals surface area contributed by atoms with Crippen LogP contribution in [0.25, 0.3) is 121 Å². The SMILES string of the molecule is CC1(C)c2cc(-n3c4ccc(-c5ccc6sc7ccccc7c6c5)cc4c4cc(-c5cccc6c5sc5ccccc56)ccc43)ccc2-c2c1ccc1c2sc2ccccc21. The molecule has 0 aliphatic heterocycles. The summed E-state index contributed by atoms with van der Waals surface area (Å²) in [5, 5.41) is 10.6. The van der Waals surface area contributed by atoms with Gasteiger partial charge in [0.15, 0.2) is 0 Å². The lowest BCUT2D eigenvalue weighted by Gasteiger charge is -2.22. The summed E-state index contributed by atoms with van der Waals surface area (Å²) in [5.41, 5.74) is 14.1. The first kappa shape index (κ1) is 34.2. The van der Waals surface area contributed by atoms with Crippen molar-refractivity contribution in [2.45, 2.75) is 19.3 Å². The lowest BCUT2D eigenvalue weighted by molar-refractivity contribution is 0.660. The van der Waals surface area contributed by atoms with Crippen LogP contribution in [0.4, 0.5) is 0 Å². The van der Waals surface area contributed by atoms with Crippen LogP contribution in [-0.2, 0) is 5.41 Å². The molecule has 0 N–H and O–H groups in total. The molecule has 0 saturated heterocycles. The molecule has 4 heteroatoms. The summed E-state index contributed by atoms with van der Waals surface area (Å²) in [7, 11) is 0. The zero-order valence-corrected chi connectivity index (χ0v) is 35.9.